The molecular formula is C13H14FNS. The summed E-state index contributed by atoms with van der Waals surface area (Å²) in [6.07, 6.45) is 0. The van der Waals surface area contributed by atoms with E-state index in [1.165, 1.54) is 4.88 Å². The Morgan fingerprint density at radius 1 is 1.31 bits per heavy atom. The van der Waals surface area contributed by atoms with E-state index in [1.807, 2.05) is 37.6 Å². The number of rotatable bonds is 3. The maximum atomic E-state index is 13.8. The van der Waals surface area contributed by atoms with E-state index in [0.717, 1.165) is 11.1 Å². The molecule has 1 N–H and O–H groups in total. The quantitative estimate of drug-likeness (QED) is 0.857. The molecule has 16 heavy (non-hydrogen) atoms. The number of aryl methyl sites for hydroxylation is 1. The molecule has 3 heteroatoms. The van der Waals surface area contributed by atoms with Crippen LogP contribution in [-0.4, -0.2) is 7.05 Å². The standard InChI is InChI=1S/C13H14FNS/c1-9-5-11(8-16-9)12-4-3-10(7-15-2)6-13(12)14/h3-6,8,15H,7H2,1-2H3. The SMILES string of the molecule is CNCc1ccc(-c2csc(C)c2)c(F)c1. The van der Waals surface area contributed by atoms with Gasteiger partial charge in [-0.15, -0.1) is 11.3 Å². The van der Waals surface area contributed by atoms with Crippen LogP contribution in [0, 0.1) is 12.7 Å². The van der Waals surface area contributed by atoms with Crippen molar-refractivity contribution in [2.24, 2.45) is 0 Å². The van der Waals surface area contributed by atoms with Crippen LogP contribution in [0.5, 0.6) is 0 Å². The lowest BCUT2D eigenvalue weighted by Crippen LogP contribution is -2.05. The third-order valence-electron chi connectivity index (χ3n) is 2.46. The monoisotopic (exact) mass is 235 g/mol. The Kier molecular flexibility index (Phi) is 3.36. The molecule has 1 nitrogen and oxygen atoms in total. The molecule has 0 saturated heterocycles. The van der Waals surface area contributed by atoms with E-state index in [9.17, 15) is 4.39 Å². The van der Waals surface area contributed by atoms with E-state index < -0.39 is 0 Å². The van der Waals surface area contributed by atoms with Gasteiger partial charge in [0.15, 0.2) is 0 Å². The van der Waals surface area contributed by atoms with Crippen molar-refractivity contribution in [2.45, 2.75) is 13.5 Å². The summed E-state index contributed by atoms with van der Waals surface area (Å²) in [5, 5.41) is 5.00. The third-order valence-corrected chi connectivity index (χ3v) is 3.32. The lowest BCUT2D eigenvalue weighted by molar-refractivity contribution is 0.627. The highest BCUT2D eigenvalue weighted by molar-refractivity contribution is 7.10. The van der Waals surface area contributed by atoms with Gasteiger partial charge in [0.2, 0.25) is 0 Å². The molecule has 2 rings (SSSR count). The molecule has 0 atom stereocenters. The van der Waals surface area contributed by atoms with E-state index in [2.05, 4.69) is 5.32 Å². The highest BCUT2D eigenvalue weighted by Gasteiger charge is 2.07. The first kappa shape index (κ1) is 11.3. The Hall–Kier alpha value is -1.19. The van der Waals surface area contributed by atoms with Gasteiger partial charge in [-0.1, -0.05) is 12.1 Å². The fraction of sp³-hybridized carbons (Fsp3) is 0.231. The molecule has 0 aliphatic carbocycles. The minimum absolute atomic E-state index is 0.148. The van der Waals surface area contributed by atoms with Crippen molar-refractivity contribution in [2.75, 3.05) is 7.05 Å². The minimum atomic E-state index is -0.148. The zero-order chi connectivity index (χ0) is 11.5. The van der Waals surface area contributed by atoms with E-state index in [-0.39, 0.29) is 5.82 Å². The van der Waals surface area contributed by atoms with Crippen LogP contribution in [0.4, 0.5) is 4.39 Å². The minimum Gasteiger partial charge on any atom is -0.316 e. The predicted molar refractivity (Wildman–Crippen MR) is 67.2 cm³/mol. The molecule has 1 heterocycles. The zero-order valence-electron chi connectivity index (χ0n) is 9.38. The summed E-state index contributed by atoms with van der Waals surface area (Å²) in [5.41, 5.74) is 2.62. The van der Waals surface area contributed by atoms with Crippen LogP contribution in [0.3, 0.4) is 0 Å². The molecule has 0 aliphatic rings. The van der Waals surface area contributed by atoms with Crippen LogP contribution in [0.2, 0.25) is 0 Å². The van der Waals surface area contributed by atoms with Crippen LogP contribution in [0.25, 0.3) is 11.1 Å². The fourth-order valence-corrected chi connectivity index (χ4v) is 2.39. The van der Waals surface area contributed by atoms with Crippen LogP contribution in [0.15, 0.2) is 29.6 Å². The average Bonchev–Trinajstić information content (AvgIpc) is 2.65. The highest BCUT2D eigenvalue weighted by atomic mass is 32.1. The first-order valence-corrected chi connectivity index (χ1v) is 6.07. The number of nitrogens with one attached hydrogen (secondary N) is 1. The molecule has 2 aromatic rings. The average molecular weight is 235 g/mol. The lowest BCUT2D eigenvalue weighted by atomic mass is 10.1. The van der Waals surface area contributed by atoms with E-state index in [4.69, 9.17) is 0 Å². The Morgan fingerprint density at radius 2 is 2.12 bits per heavy atom. The number of hydrogen-bond donors (Lipinski definition) is 1. The molecule has 0 amide bonds. The van der Waals surface area contributed by atoms with Gasteiger partial charge in [-0.05, 0) is 42.6 Å². The maximum Gasteiger partial charge on any atom is 0.131 e. The van der Waals surface area contributed by atoms with Crippen molar-refractivity contribution in [3.05, 3.63) is 45.9 Å². The summed E-state index contributed by atoms with van der Waals surface area (Å²) in [4.78, 5) is 1.20. The molecule has 84 valence electrons. The van der Waals surface area contributed by atoms with Gasteiger partial charge in [0.25, 0.3) is 0 Å². The van der Waals surface area contributed by atoms with Crippen LogP contribution >= 0.6 is 11.3 Å². The van der Waals surface area contributed by atoms with Gasteiger partial charge >= 0.3 is 0 Å². The third kappa shape index (κ3) is 2.31. The van der Waals surface area contributed by atoms with Crippen molar-refractivity contribution in [1.29, 1.82) is 0 Å². The lowest BCUT2D eigenvalue weighted by Gasteiger charge is -2.04. The molecule has 0 radical (unpaired) electrons. The Morgan fingerprint density at radius 3 is 2.69 bits per heavy atom. The molecule has 0 spiro atoms. The summed E-state index contributed by atoms with van der Waals surface area (Å²) in [6, 6.07) is 7.42. The van der Waals surface area contributed by atoms with E-state index in [1.54, 1.807) is 17.4 Å². The molecule has 1 aromatic heterocycles. The highest BCUT2D eigenvalue weighted by Crippen LogP contribution is 2.27. The van der Waals surface area contributed by atoms with Gasteiger partial charge < -0.3 is 5.32 Å². The van der Waals surface area contributed by atoms with Crippen molar-refractivity contribution in [1.82, 2.24) is 5.32 Å². The molecule has 0 saturated carbocycles. The Labute approximate surface area is 98.9 Å². The van der Waals surface area contributed by atoms with E-state index in [0.29, 0.717) is 12.1 Å². The summed E-state index contributed by atoms with van der Waals surface area (Å²) < 4.78 is 13.8. The first-order chi connectivity index (χ1) is 7.70. The van der Waals surface area contributed by atoms with Crippen molar-refractivity contribution >= 4 is 11.3 Å². The Bertz CT molecular complexity index is 490. The van der Waals surface area contributed by atoms with Gasteiger partial charge in [0.1, 0.15) is 5.82 Å². The second kappa shape index (κ2) is 4.76. The van der Waals surface area contributed by atoms with Crippen molar-refractivity contribution < 1.29 is 4.39 Å². The second-order valence-electron chi connectivity index (χ2n) is 3.79. The predicted octanol–water partition coefficient (Wildman–Crippen LogP) is 3.58. The summed E-state index contributed by atoms with van der Waals surface area (Å²) >= 11 is 1.64. The fourth-order valence-electron chi connectivity index (χ4n) is 1.69. The Balaban J connectivity index is 2.36. The summed E-state index contributed by atoms with van der Waals surface area (Å²) in [7, 11) is 1.86. The normalized spacial score (nSPS) is 10.7. The summed E-state index contributed by atoms with van der Waals surface area (Å²) in [6.45, 7) is 2.72. The second-order valence-corrected chi connectivity index (χ2v) is 4.91. The van der Waals surface area contributed by atoms with Crippen LogP contribution in [-0.2, 0) is 6.54 Å². The maximum absolute atomic E-state index is 13.8. The van der Waals surface area contributed by atoms with Crippen LogP contribution in [0.1, 0.15) is 10.4 Å². The largest absolute Gasteiger partial charge is 0.316 e. The molecule has 0 fully saturated rings. The van der Waals surface area contributed by atoms with Gasteiger partial charge in [-0.25, -0.2) is 4.39 Å². The molecule has 0 aliphatic heterocycles. The van der Waals surface area contributed by atoms with Gasteiger partial charge in [-0.2, -0.15) is 0 Å². The molecule has 0 bridgehead atoms. The van der Waals surface area contributed by atoms with Gasteiger partial charge in [0, 0.05) is 17.0 Å². The molecule has 1 aromatic carbocycles. The number of hydrogen-bond acceptors (Lipinski definition) is 2. The summed E-state index contributed by atoms with van der Waals surface area (Å²) in [5.74, 6) is -0.148. The molecular weight excluding hydrogens is 221 g/mol. The first-order valence-electron chi connectivity index (χ1n) is 5.19. The van der Waals surface area contributed by atoms with Crippen molar-refractivity contribution in [3.63, 3.8) is 0 Å². The zero-order valence-corrected chi connectivity index (χ0v) is 10.2. The molecule has 0 unspecified atom stereocenters. The number of halogens is 1. The van der Waals surface area contributed by atoms with Crippen molar-refractivity contribution in [3.8, 4) is 11.1 Å². The van der Waals surface area contributed by atoms with Crippen LogP contribution < -0.4 is 5.32 Å². The smallest absolute Gasteiger partial charge is 0.131 e. The topological polar surface area (TPSA) is 12.0 Å². The van der Waals surface area contributed by atoms with Gasteiger partial charge in [0.05, 0.1) is 0 Å². The van der Waals surface area contributed by atoms with E-state index >= 15 is 0 Å². The number of thiophene rings is 1. The number of benzene rings is 1. The van der Waals surface area contributed by atoms with Gasteiger partial charge in [-0.3, -0.25) is 0 Å².